The normalized spacial score (nSPS) is 18.2. The summed E-state index contributed by atoms with van der Waals surface area (Å²) in [6.45, 7) is 7.99. The largest absolute Gasteiger partial charge is 0.362 e. The van der Waals surface area contributed by atoms with Gasteiger partial charge in [-0.1, -0.05) is 13.0 Å². The van der Waals surface area contributed by atoms with E-state index in [2.05, 4.69) is 51.5 Å². The first-order valence-electron chi connectivity index (χ1n) is 10.5. The van der Waals surface area contributed by atoms with E-state index in [9.17, 15) is 4.79 Å². The van der Waals surface area contributed by atoms with Crippen LogP contribution < -0.4 is 15.5 Å². The lowest BCUT2D eigenvalue weighted by atomic mass is 9.96. The third-order valence-electron chi connectivity index (χ3n) is 5.69. The molecule has 160 valence electrons. The maximum absolute atomic E-state index is 11.8. The van der Waals surface area contributed by atoms with Gasteiger partial charge in [0.05, 0.1) is 17.8 Å². The number of carbonyl (C=O) groups excluding carboxylic acids is 1. The van der Waals surface area contributed by atoms with Crippen LogP contribution in [0.3, 0.4) is 0 Å². The summed E-state index contributed by atoms with van der Waals surface area (Å²) in [5, 5.41) is 7.10. The van der Waals surface area contributed by atoms with Crippen molar-refractivity contribution >= 4 is 34.6 Å². The lowest BCUT2D eigenvalue weighted by molar-refractivity contribution is -0.115. The molecule has 0 aliphatic carbocycles. The molecule has 3 heterocycles. The fourth-order valence-corrected chi connectivity index (χ4v) is 4.52. The van der Waals surface area contributed by atoms with E-state index in [1.54, 1.807) is 0 Å². The molecule has 1 fully saturated rings. The van der Waals surface area contributed by atoms with Crippen molar-refractivity contribution in [3.05, 3.63) is 76.9 Å². The molecule has 2 aromatic heterocycles. The summed E-state index contributed by atoms with van der Waals surface area (Å²) in [4.78, 5) is 22.0. The van der Waals surface area contributed by atoms with Gasteiger partial charge in [-0.05, 0) is 80.5 Å². The second kappa shape index (κ2) is 8.51. The van der Waals surface area contributed by atoms with Crippen LogP contribution in [0.2, 0.25) is 0 Å². The van der Waals surface area contributed by atoms with Crippen LogP contribution in [0, 0.1) is 20.8 Å². The maximum atomic E-state index is 11.8. The number of carbonyl (C=O) groups is 1. The number of thiocarbonyl (C=S) groups is 1. The van der Waals surface area contributed by atoms with E-state index in [-0.39, 0.29) is 18.0 Å². The SMILES string of the molecule is CCC(=O)Nc1ccc(N2C(=S)N[C@H](c3ccccn3)[C@@H]2c2cc(C)[nH]c2C)cc1C. The molecule has 7 heteroatoms. The quantitative estimate of drug-likeness (QED) is 0.501. The Labute approximate surface area is 188 Å². The molecule has 0 spiro atoms. The highest BCUT2D eigenvalue weighted by molar-refractivity contribution is 7.80. The third kappa shape index (κ3) is 4.05. The fraction of sp³-hybridized carbons (Fsp3) is 0.292. The molecule has 2 atom stereocenters. The zero-order valence-corrected chi connectivity index (χ0v) is 19.0. The minimum absolute atomic E-state index is 0.000672. The Balaban J connectivity index is 1.78. The number of aromatic nitrogens is 2. The van der Waals surface area contributed by atoms with Gasteiger partial charge < -0.3 is 20.5 Å². The summed E-state index contributed by atoms with van der Waals surface area (Å²) in [7, 11) is 0. The number of anilines is 2. The Bertz CT molecular complexity index is 1120. The van der Waals surface area contributed by atoms with Crippen LogP contribution in [-0.4, -0.2) is 21.0 Å². The topological polar surface area (TPSA) is 73.1 Å². The molecule has 0 saturated carbocycles. The summed E-state index contributed by atoms with van der Waals surface area (Å²) in [5.41, 5.74) is 7.14. The molecule has 1 aromatic carbocycles. The predicted molar refractivity (Wildman–Crippen MR) is 128 cm³/mol. The monoisotopic (exact) mass is 433 g/mol. The van der Waals surface area contributed by atoms with Crippen LogP contribution in [0.15, 0.2) is 48.7 Å². The molecule has 31 heavy (non-hydrogen) atoms. The van der Waals surface area contributed by atoms with Crippen LogP contribution >= 0.6 is 12.2 Å². The number of aromatic amines is 1. The van der Waals surface area contributed by atoms with Crippen molar-refractivity contribution in [3.63, 3.8) is 0 Å². The van der Waals surface area contributed by atoms with Crippen molar-refractivity contribution in [1.82, 2.24) is 15.3 Å². The molecule has 0 bridgehead atoms. The molecule has 4 rings (SSSR count). The highest BCUT2D eigenvalue weighted by Crippen LogP contribution is 2.43. The zero-order valence-electron chi connectivity index (χ0n) is 18.2. The first-order chi connectivity index (χ1) is 14.9. The number of pyridine rings is 1. The standard InChI is InChI=1S/C24H27N5OS/c1-5-21(30)27-19-10-9-17(12-14(19)2)29-23(18-13-15(3)26-16(18)4)22(28-24(29)31)20-8-6-7-11-25-20/h6-13,22-23,26H,5H2,1-4H3,(H,27,30)(H,28,31)/t22-,23+/m1/s1. The van der Waals surface area contributed by atoms with E-state index in [4.69, 9.17) is 12.2 Å². The average molecular weight is 434 g/mol. The van der Waals surface area contributed by atoms with Gasteiger partial charge in [0.2, 0.25) is 5.91 Å². The first kappa shape index (κ1) is 21.1. The van der Waals surface area contributed by atoms with E-state index >= 15 is 0 Å². The van der Waals surface area contributed by atoms with Crippen LogP contribution in [0.5, 0.6) is 0 Å². The number of rotatable bonds is 5. The van der Waals surface area contributed by atoms with Crippen molar-refractivity contribution in [3.8, 4) is 0 Å². The van der Waals surface area contributed by atoms with Gasteiger partial charge in [-0.3, -0.25) is 9.78 Å². The lowest BCUT2D eigenvalue weighted by Crippen LogP contribution is -2.29. The number of amides is 1. The molecule has 1 aliphatic heterocycles. The van der Waals surface area contributed by atoms with Crippen molar-refractivity contribution in [2.75, 3.05) is 10.2 Å². The molecule has 1 aliphatic rings. The smallest absolute Gasteiger partial charge is 0.224 e. The van der Waals surface area contributed by atoms with E-state index in [0.29, 0.717) is 11.5 Å². The van der Waals surface area contributed by atoms with Crippen molar-refractivity contribution in [2.45, 2.75) is 46.2 Å². The summed E-state index contributed by atoms with van der Waals surface area (Å²) < 4.78 is 0. The van der Waals surface area contributed by atoms with Crippen molar-refractivity contribution < 1.29 is 4.79 Å². The van der Waals surface area contributed by atoms with Gasteiger partial charge in [0, 0.05) is 35.4 Å². The zero-order chi connectivity index (χ0) is 22.1. The van der Waals surface area contributed by atoms with Crippen LogP contribution in [0.25, 0.3) is 0 Å². The number of benzene rings is 1. The lowest BCUT2D eigenvalue weighted by Gasteiger charge is -2.28. The van der Waals surface area contributed by atoms with Gasteiger partial charge in [0.15, 0.2) is 5.11 Å². The highest BCUT2D eigenvalue weighted by atomic mass is 32.1. The van der Waals surface area contributed by atoms with Gasteiger partial charge in [-0.25, -0.2) is 0 Å². The third-order valence-corrected chi connectivity index (χ3v) is 6.00. The van der Waals surface area contributed by atoms with E-state index in [1.807, 2.05) is 50.4 Å². The van der Waals surface area contributed by atoms with Gasteiger partial charge in [-0.15, -0.1) is 0 Å². The second-order valence-electron chi connectivity index (χ2n) is 7.93. The molecule has 3 aromatic rings. The molecule has 6 nitrogen and oxygen atoms in total. The van der Waals surface area contributed by atoms with Gasteiger partial charge >= 0.3 is 0 Å². The molecule has 0 radical (unpaired) electrons. The Hall–Kier alpha value is -3.19. The molecular formula is C24H27N5OS. The molecule has 0 unspecified atom stereocenters. The number of nitrogens with one attached hydrogen (secondary N) is 3. The number of H-pyrrole nitrogens is 1. The number of hydrogen-bond acceptors (Lipinski definition) is 3. The minimum atomic E-state index is -0.0811. The molecule has 1 amide bonds. The Morgan fingerprint density at radius 1 is 1.19 bits per heavy atom. The van der Waals surface area contributed by atoms with E-state index < -0.39 is 0 Å². The second-order valence-corrected chi connectivity index (χ2v) is 8.32. The van der Waals surface area contributed by atoms with Crippen molar-refractivity contribution in [1.29, 1.82) is 0 Å². The maximum Gasteiger partial charge on any atom is 0.224 e. The van der Waals surface area contributed by atoms with Gasteiger partial charge in [0.25, 0.3) is 0 Å². The van der Waals surface area contributed by atoms with Crippen molar-refractivity contribution in [2.24, 2.45) is 0 Å². The average Bonchev–Trinajstić information content (AvgIpc) is 3.27. The minimum Gasteiger partial charge on any atom is -0.362 e. The Morgan fingerprint density at radius 2 is 2.00 bits per heavy atom. The van der Waals surface area contributed by atoms with Crippen LogP contribution in [0.1, 0.15) is 53.6 Å². The summed E-state index contributed by atoms with van der Waals surface area (Å²) in [6, 6.07) is 14.0. The van der Waals surface area contributed by atoms with Crippen LogP contribution in [-0.2, 0) is 4.79 Å². The van der Waals surface area contributed by atoms with Gasteiger partial charge in [-0.2, -0.15) is 0 Å². The number of nitrogens with zero attached hydrogens (tertiary/aromatic N) is 2. The van der Waals surface area contributed by atoms with Gasteiger partial charge in [0.1, 0.15) is 0 Å². The Morgan fingerprint density at radius 3 is 2.61 bits per heavy atom. The number of aryl methyl sites for hydroxylation is 3. The molecular weight excluding hydrogens is 406 g/mol. The highest BCUT2D eigenvalue weighted by Gasteiger charge is 2.41. The Kier molecular flexibility index (Phi) is 5.78. The molecule has 3 N–H and O–H groups in total. The van der Waals surface area contributed by atoms with Crippen LogP contribution in [0.4, 0.5) is 11.4 Å². The predicted octanol–water partition coefficient (Wildman–Crippen LogP) is 4.86. The fourth-order valence-electron chi connectivity index (χ4n) is 4.18. The number of hydrogen-bond donors (Lipinski definition) is 3. The summed E-state index contributed by atoms with van der Waals surface area (Å²) in [5.74, 6) is 0.000672. The van der Waals surface area contributed by atoms with E-state index in [0.717, 1.165) is 34.0 Å². The first-order valence-corrected chi connectivity index (χ1v) is 10.9. The molecule has 1 saturated heterocycles. The summed E-state index contributed by atoms with van der Waals surface area (Å²) in [6.07, 6.45) is 2.26. The van der Waals surface area contributed by atoms with E-state index in [1.165, 1.54) is 5.56 Å². The summed E-state index contributed by atoms with van der Waals surface area (Å²) >= 11 is 5.80.